The van der Waals surface area contributed by atoms with Crippen molar-refractivity contribution >= 4 is 17.8 Å². The molecule has 2 heterocycles. The van der Waals surface area contributed by atoms with E-state index in [0.29, 0.717) is 13.1 Å². The topological polar surface area (TPSA) is 78.4 Å². The molecular weight excluding hydrogens is 416 g/mol. The molecule has 1 saturated carbocycles. The van der Waals surface area contributed by atoms with E-state index in [1.165, 1.54) is 12.4 Å². The molecule has 1 aromatic heterocycles. The summed E-state index contributed by atoms with van der Waals surface area (Å²) in [6.45, 7) is 1.32. The minimum absolute atomic E-state index is 0.00593. The van der Waals surface area contributed by atoms with Crippen molar-refractivity contribution in [1.82, 2.24) is 19.8 Å². The normalized spacial score (nSPS) is 17.4. The average Bonchev–Trinajstić information content (AvgIpc) is 3.35. The van der Waals surface area contributed by atoms with Gasteiger partial charge in [0, 0.05) is 37.7 Å². The van der Waals surface area contributed by atoms with Crippen molar-refractivity contribution in [3.8, 4) is 11.3 Å². The van der Waals surface area contributed by atoms with E-state index in [1.54, 1.807) is 11.9 Å². The third-order valence-corrected chi connectivity index (χ3v) is 6.44. The standard InChI is InChI=1S/C23H27F2N5O2/c1-29(17-8-10-30(11-9-17)22(31)15-4-2-3-5-15)23(32)28-21-14-26-20(13-27-21)18-12-16(24)6-7-19(18)25/h6-7,12-15,17H,2-5,8-11H2,1H3,(H,27,28,32). The average molecular weight is 443 g/mol. The highest BCUT2D eigenvalue weighted by Crippen LogP contribution is 2.28. The van der Waals surface area contributed by atoms with Crippen LogP contribution in [0, 0.1) is 17.6 Å². The molecule has 2 aromatic rings. The number of amides is 3. The number of anilines is 1. The zero-order valence-electron chi connectivity index (χ0n) is 18.1. The lowest BCUT2D eigenvalue weighted by molar-refractivity contribution is -0.136. The zero-order chi connectivity index (χ0) is 22.7. The van der Waals surface area contributed by atoms with E-state index in [4.69, 9.17) is 0 Å². The van der Waals surface area contributed by atoms with Gasteiger partial charge >= 0.3 is 6.03 Å². The van der Waals surface area contributed by atoms with Gasteiger partial charge < -0.3 is 9.80 Å². The van der Waals surface area contributed by atoms with E-state index in [0.717, 1.165) is 56.7 Å². The molecule has 1 aliphatic carbocycles. The molecule has 0 radical (unpaired) electrons. The number of likely N-dealkylation sites (tertiary alicyclic amines) is 1. The monoisotopic (exact) mass is 443 g/mol. The minimum Gasteiger partial charge on any atom is -0.342 e. The first-order valence-corrected chi connectivity index (χ1v) is 11.0. The number of carbonyl (C=O) groups excluding carboxylic acids is 2. The fourth-order valence-corrected chi connectivity index (χ4v) is 4.49. The molecule has 0 spiro atoms. The van der Waals surface area contributed by atoms with Crippen LogP contribution >= 0.6 is 0 Å². The van der Waals surface area contributed by atoms with Gasteiger partial charge in [0.15, 0.2) is 5.82 Å². The Hall–Kier alpha value is -3.10. The summed E-state index contributed by atoms with van der Waals surface area (Å²) in [6, 6.07) is 2.81. The molecule has 1 N–H and O–H groups in total. The summed E-state index contributed by atoms with van der Waals surface area (Å²) in [7, 11) is 1.72. The molecule has 3 amide bonds. The Morgan fingerprint density at radius 2 is 1.78 bits per heavy atom. The van der Waals surface area contributed by atoms with Crippen molar-refractivity contribution in [3.05, 3.63) is 42.2 Å². The SMILES string of the molecule is CN(C(=O)Nc1cnc(-c2cc(F)ccc2F)cn1)C1CCN(C(=O)C2CCCC2)CC1. The first-order valence-electron chi connectivity index (χ1n) is 11.0. The fourth-order valence-electron chi connectivity index (χ4n) is 4.49. The van der Waals surface area contributed by atoms with E-state index < -0.39 is 11.6 Å². The second kappa shape index (κ2) is 9.58. The van der Waals surface area contributed by atoms with E-state index >= 15 is 0 Å². The van der Waals surface area contributed by atoms with Crippen molar-refractivity contribution in [3.63, 3.8) is 0 Å². The van der Waals surface area contributed by atoms with Crippen molar-refractivity contribution in [2.24, 2.45) is 5.92 Å². The predicted octanol–water partition coefficient (Wildman–Crippen LogP) is 4.07. The molecule has 4 rings (SSSR count). The zero-order valence-corrected chi connectivity index (χ0v) is 18.1. The lowest BCUT2D eigenvalue weighted by Gasteiger charge is -2.37. The van der Waals surface area contributed by atoms with E-state index in [1.807, 2.05) is 4.90 Å². The summed E-state index contributed by atoms with van der Waals surface area (Å²) in [5, 5.41) is 2.69. The van der Waals surface area contributed by atoms with Gasteiger partial charge in [0.2, 0.25) is 5.91 Å². The molecule has 1 saturated heterocycles. The summed E-state index contributed by atoms with van der Waals surface area (Å²) in [5.41, 5.74) is 0.180. The summed E-state index contributed by atoms with van der Waals surface area (Å²) in [4.78, 5) is 37.0. The highest BCUT2D eigenvalue weighted by Gasteiger charge is 2.32. The molecule has 9 heteroatoms. The van der Waals surface area contributed by atoms with Gasteiger partial charge in [-0.05, 0) is 43.9 Å². The lowest BCUT2D eigenvalue weighted by atomic mass is 10.0. The Labute approximate surface area is 185 Å². The molecule has 170 valence electrons. The molecular formula is C23H27F2N5O2. The third-order valence-electron chi connectivity index (χ3n) is 6.44. The van der Waals surface area contributed by atoms with E-state index in [9.17, 15) is 18.4 Å². The molecule has 2 aliphatic rings. The second-order valence-corrected chi connectivity index (χ2v) is 8.49. The smallest absolute Gasteiger partial charge is 0.323 e. The van der Waals surface area contributed by atoms with Crippen molar-refractivity contribution in [1.29, 1.82) is 0 Å². The summed E-state index contributed by atoms with van der Waals surface area (Å²) >= 11 is 0. The highest BCUT2D eigenvalue weighted by atomic mass is 19.1. The van der Waals surface area contributed by atoms with Gasteiger partial charge in [-0.1, -0.05) is 12.8 Å². The maximum Gasteiger partial charge on any atom is 0.323 e. The highest BCUT2D eigenvalue weighted by molar-refractivity contribution is 5.88. The van der Waals surface area contributed by atoms with Gasteiger partial charge in [0.1, 0.15) is 11.6 Å². The van der Waals surface area contributed by atoms with Crippen LogP contribution in [0.4, 0.5) is 19.4 Å². The number of hydrogen-bond acceptors (Lipinski definition) is 4. The third kappa shape index (κ3) is 4.87. The molecule has 0 unspecified atom stereocenters. The fraction of sp³-hybridized carbons (Fsp3) is 0.478. The molecule has 32 heavy (non-hydrogen) atoms. The van der Waals surface area contributed by atoms with Crippen LogP contribution in [0.5, 0.6) is 0 Å². The van der Waals surface area contributed by atoms with E-state index in [-0.39, 0.29) is 41.0 Å². The van der Waals surface area contributed by atoms with E-state index in [2.05, 4.69) is 15.3 Å². The van der Waals surface area contributed by atoms with Gasteiger partial charge in [-0.15, -0.1) is 0 Å². The first kappa shape index (κ1) is 22.1. The Balaban J connectivity index is 1.31. The van der Waals surface area contributed by atoms with Crippen LogP contribution in [-0.4, -0.2) is 57.9 Å². The molecule has 1 aliphatic heterocycles. The Morgan fingerprint density at radius 1 is 1.06 bits per heavy atom. The molecule has 7 nitrogen and oxygen atoms in total. The van der Waals surface area contributed by atoms with Crippen LogP contribution < -0.4 is 5.32 Å². The van der Waals surface area contributed by atoms with Crippen LogP contribution in [-0.2, 0) is 4.79 Å². The lowest BCUT2D eigenvalue weighted by Crippen LogP contribution is -2.49. The Morgan fingerprint density at radius 3 is 2.44 bits per heavy atom. The quantitative estimate of drug-likeness (QED) is 0.773. The number of halogens is 2. The molecule has 0 bridgehead atoms. The van der Waals surface area contributed by atoms with Crippen LogP contribution in [0.3, 0.4) is 0 Å². The number of piperidine rings is 1. The van der Waals surface area contributed by atoms with Gasteiger partial charge in [-0.3, -0.25) is 15.1 Å². The van der Waals surface area contributed by atoms with Gasteiger partial charge in [0.25, 0.3) is 0 Å². The summed E-state index contributed by atoms with van der Waals surface area (Å²) in [6.07, 6.45) is 8.32. The number of benzene rings is 1. The molecule has 1 aromatic carbocycles. The minimum atomic E-state index is -0.602. The summed E-state index contributed by atoms with van der Waals surface area (Å²) < 4.78 is 27.3. The number of nitrogens with zero attached hydrogens (tertiary/aromatic N) is 4. The summed E-state index contributed by atoms with van der Waals surface area (Å²) in [5.74, 6) is -0.516. The second-order valence-electron chi connectivity index (χ2n) is 8.49. The number of rotatable bonds is 4. The largest absolute Gasteiger partial charge is 0.342 e. The van der Waals surface area contributed by atoms with Gasteiger partial charge in [0.05, 0.1) is 18.1 Å². The van der Waals surface area contributed by atoms with Crippen molar-refractivity contribution in [2.45, 2.75) is 44.6 Å². The molecule has 0 atom stereocenters. The maximum absolute atomic E-state index is 13.9. The van der Waals surface area contributed by atoms with Gasteiger partial charge in [-0.25, -0.2) is 18.6 Å². The Bertz CT molecular complexity index is 971. The van der Waals surface area contributed by atoms with Crippen LogP contribution in [0.1, 0.15) is 38.5 Å². The number of urea groups is 1. The van der Waals surface area contributed by atoms with Crippen LogP contribution in [0.25, 0.3) is 11.3 Å². The van der Waals surface area contributed by atoms with Crippen molar-refractivity contribution in [2.75, 3.05) is 25.5 Å². The number of hydrogen-bond donors (Lipinski definition) is 1. The number of nitrogens with one attached hydrogen (secondary N) is 1. The van der Waals surface area contributed by atoms with Crippen LogP contribution in [0.2, 0.25) is 0 Å². The maximum atomic E-state index is 13.9. The number of carbonyl (C=O) groups is 2. The Kier molecular flexibility index (Phi) is 6.62. The van der Waals surface area contributed by atoms with Crippen molar-refractivity contribution < 1.29 is 18.4 Å². The van der Waals surface area contributed by atoms with Gasteiger partial charge in [-0.2, -0.15) is 0 Å². The first-order chi connectivity index (χ1) is 15.4. The molecule has 2 fully saturated rings. The number of aromatic nitrogens is 2. The predicted molar refractivity (Wildman–Crippen MR) is 116 cm³/mol. The van der Waals surface area contributed by atoms with Crippen LogP contribution in [0.15, 0.2) is 30.6 Å².